The third-order valence-electron chi connectivity index (χ3n) is 5.08. The van der Waals surface area contributed by atoms with Crippen LogP contribution in [0.1, 0.15) is 12.5 Å². The van der Waals surface area contributed by atoms with E-state index in [1.807, 2.05) is 0 Å². The molecule has 0 aliphatic carbocycles. The second-order valence-corrected chi connectivity index (χ2v) is 9.05. The van der Waals surface area contributed by atoms with Crippen LogP contribution >= 0.6 is 0 Å². The lowest BCUT2D eigenvalue weighted by atomic mass is 10.1. The van der Waals surface area contributed by atoms with Crippen molar-refractivity contribution in [2.24, 2.45) is 0 Å². The molecule has 0 bridgehead atoms. The standard InChI is InChI=1S/C23H24N2O7S/c1-3-4-13-32-18-9-11-19(12-10-18)33(29,30)25-14-17-7-5-6-8-20(17)24(22(26)16-31-2)15-21(25)23(27)28/h5-12,21H,13-16H2,1-2H3,(H,27,28). The molecule has 1 aliphatic heterocycles. The van der Waals surface area contributed by atoms with Gasteiger partial charge in [0.25, 0.3) is 5.91 Å². The van der Waals surface area contributed by atoms with Crippen molar-refractivity contribution in [3.8, 4) is 17.6 Å². The molecule has 1 unspecified atom stereocenters. The van der Waals surface area contributed by atoms with Gasteiger partial charge >= 0.3 is 5.97 Å². The van der Waals surface area contributed by atoms with E-state index in [1.54, 1.807) is 31.2 Å². The average molecular weight is 473 g/mol. The van der Waals surface area contributed by atoms with Crippen LogP contribution < -0.4 is 9.64 Å². The number of fused-ring (bicyclic) bond motifs is 1. The second-order valence-electron chi connectivity index (χ2n) is 7.16. The number of rotatable bonds is 7. The third kappa shape index (κ3) is 5.34. The molecule has 0 fully saturated rings. The summed E-state index contributed by atoms with van der Waals surface area (Å²) in [6.45, 7) is 1.01. The summed E-state index contributed by atoms with van der Waals surface area (Å²) >= 11 is 0. The normalized spacial score (nSPS) is 16.2. The molecule has 1 N–H and O–H groups in total. The average Bonchev–Trinajstić information content (AvgIpc) is 2.98. The Morgan fingerprint density at radius 3 is 2.48 bits per heavy atom. The maximum Gasteiger partial charge on any atom is 0.323 e. The minimum Gasteiger partial charge on any atom is -0.481 e. The molecule has 1 atom stereocenters. The molecule has 0 radical (unpaired) electrons. The second kappa shape index (κ2) is 10.5. The molecule has 0 saturated carbocycles. The molecule has 0 spiro atoms. The van der Waals surface area contributed by atoms with Crippen molar-refractivity contribution in [3.63, 3.8) is 0 Å². The summed E-state index contributed by atoms with van der Waals surface area (Å²) in [7, 11) is -2.87. The number of carboxylic acids is 1. The summed E-state index contributed by atoms with van der Waals surface area (Å²) in [6, 6.07) is 10.9. The third-order valence-corrected chi connectivity index (χ3v) is 6.95. The highest BCUT2D eigenvalue weighted by molar-refractivity contribution is 7.89. The number of methoxy groups -OCH3 is 1. The summed E-state index contributed by atoms with van der Waals surface area (Å²) < 4.78 is 38.3. The van der Waals surface area contributed by atoms with E-state index < -0.39 is 27.9 Å². The molecule has 10 heteroatoms. The topological polar surface area (TPSA) is 113 Å². The number of amides is 1. The van der Waals surface area contributed by atoms with Gasteiger partial charge in [0.1, 0.15) is 25.0 Å². The largest absolute Gasteiger partial charge is 0.481 e. The monoisotopic (exact) mass is 472 g/mol. The first-order chi connectivity index (χ1) is 15.8. The Bertz CT molecular complexity index is 1180. The number of ether oxygens (including phenoxy) is 2. The van der Waals surface area contributed by atoms with Crippen LogP contribution in [-0.2, 0) is 30.9 Å². The van der Waals surface area contributed by atoms with Crippen molar-refractivity contribution < 1.29 is 32.6 Å². The van der Waals surface area contributed by atoms with E-state index >= 15 is 0 Å². The van der Waals surface area contributed by atoms with Crippen molar-refractivity contribution in [1.29, 1.82) is 0 Å². The van der Waals surface area contributed by atoms with Gasteiger partial charge in [-0.2, -0.15) is 4.31 Å². The van der Waals surface area contributed by atoms with Crippen molar-refractivity contribution in [2.45, 2.75) is 24.4 Å². The zero-order valence-electron chi connectivity index (χ0n) is 18.2. The molecule has 9 nitrogen and oxygen atoms in total. The SMILES string of the molecule is CC#CCOc1ccc(S(=O)(=O)N2Cc3ccccc3N(C(=O)COC)CC2C(=O)O)cc1. The lowest BCUT2D eigenvalue weighted by Crippen LogP contribution is -2.50. The molecule has 174 valence electrons. The predicted octanol–water partition coefficient (Wildman–Crippen LogP) is 1.73. The van der Waals surface area contributed by atoms with E-state index in [9.17, 15) is 23.1 Å². The van der Waals surface area contributed by atoms with Gasteiger partial charge in [-0.1, -0.05) is 24.1 Å². The number of carbonyl (C=O) groups excluding carboxylic acids is 1. The number of sulfonamides is 1. The summed E-state index contributed by atoms with van der Waals surface area (Å²) in [6.07, 6.45) is 0. The highest BCUT2D eigenvalue weighted by Gasteiger charge is 2.41. The first-order valence-corrected chi connectivity index (χ1v) is 11.5. The zero-order valence-corrected chi connectivity index (χ0v) is 19.0. The molecular formula is C23H24N2O7S. The maximum absolute atomic E-state index is 13.5. The lowest BCUT2D eigenvalue weighted by Gasteiger charge is -2.28. The number of hydrogen-bond acceptors (Lipinski definition) is 6. The van der Waals surface area contributed by atoms with Crippen LogP contribution in [0.25, 0.3) is 0 Å². The minimum atomic E-state index is -4.23. The number of carboxylic acid groups (broad SMARTS) is 1. The predicted molar refractivity (Wildman–Crippen MR) is 120 cm³/mol. The minimum absolute atomic E-state index is 0.0863. The fraction of sp³-hybridized carbons (Fsp3) is 0.304. The van der Waals surface area contributed by atoms with Gasteiger partial charge in [0.15, 0.2) is 0 Å². The molecule has 0 aromatic heterocycles. The molecule has 1 amide bonds. The van der Waals surface area contributed by atoms with Crippen molar-refractivity contribution in [2.75, 3.05) is 31.8 Å². The molecule has 2 aromatic carbocycles. The van der Waals surface area contributed by atoms with Crippen molar-refractivity contribution in [1.82, 2.24) is 4.31 Å². The fourth-order valence-electron chi connectivity index (χ4n) is 3.47. The Balaban J connectivity index is 2.00. The highest BCUT2D eigenvalue weighted by atomic mass is 32.2. The molecule has 0 saturated heterocycles. The van der Waals surface area contributed by atoms with Gasteiger partial charge in [-0.3, -0.25) is 9.59 Å². The quantitative estimate of drug-likeness (QED) is 0.611. The number of hydrogen-bond donors (Lipinski definition) is 1. The Hall–Kier alpha value is -3.39. The lowest BCUT2D eigenvalue weighted by molar-refractivity contribution is -0.141. The Kier molecular flexibility index (Phi) is 7.71. The summed E-state index contributed by atoms with van der Waals surface area (Å²) in [4.78, 5) is 26.0. The molecule has 2 aromatic rings. The van der Waals surface area contributed by atoms with Gasteiger partial charge < -0.3 is 19.5 Å². The Morgan fingerprint density at radius 2 is 1.85 bits per heavy atom. The van der Waals surface area contributed by atoms with Crippen LogP contribution in [0, 0.1) is 11.8 Å². The Morgan fingerprint density at radius 1 is 1.15 bits per heavy atom. The summed E-state index contributed by atoms with van der Waals surface area (Å²) in [5.41, 5.74) is 0.955. The molecular weight excluding hydrogens is 448 g/mol. The number of nitrogens with zero attached hydrogens (tertiary/aromatic N) is 2. The van der Waals surface area contributed by atoms with E-state index in [4.69, 9.17) is 9.47 Å². The van der Waals surface area contributed by atoms with Crippen LogP contribution in [0.3, 0.4) is 0 Å². The van der Waals surface area contributed by atoms with E-state index in [0.29, 0.717) is 17.0 Å². The van der Waals surface area contributed by atoms with E-state index in [-0.39, 0.29) is 31.2 Å². The van der Waals surface area contributed by atoms with E-state index in [0.717, 1.165) is 4.31 Å². The fourth-order valence-corrected chi connectivity index (χ4v) is 5.03. The smallest absolute Gasteiger partial charge is 0.323 e. The van der Waals surface area contributed by atoms with Gasteiger partial charge in [-0.15, -0.1) is 5.92 Å². The number of anilines is 1. The molecule has 33 heavy (non-hydrogen) atoms. The first-order valence-electron chi connectivity index (χ1n) is 10.0. The van der Waals surface area contributed by atoms with Gasteiger partial charge in [0, 0.05) is 19.3 Å². The highest BCUT2D eigenvalue weighted by Crippen LogP contribution is 2.31. The van der Waals surface area contributed by atoms with Gasteiger partial charge in [-0.05, 0) is 42.8 Å². The number of carbonyl (C=O) groups is 2. The first kappa shape index (κ1) is 24.3. The van der Waals surface area contributed by atoms with E-state index in [2.05, 4.69) is 11.8 Å². The van der Waals surface area contributed by atoms with Gasteiger partial charge in [0.05, 0.1) is 11.4 Å². The molecule has 3 rings (SSSR count). The van der Waals surface area contributed by atoms with Crippen LogP contribution in [0.5, 0.6) is 5.75 Å². The number of benzene rings is 2. The van der Waals surface area contributed by atoms with Crippen LogP contribution in [0.15, 0.2) is 53.4 Å². The molecule has 1 aliphatic rings. The maximum atomic E-state index is 13.5. The van der Waals surface area contributed by atoms with Gasteiger partial charge in [-0.25, -0.2) is 8.42 Å². The van der Waals surface area contributed by atoms with Crippen LogP contribution in [0.2, 0.25) is 0 Å². The zero-order chi connectivity index (χ0) is 24.0. The summed E-state index contributed by atoms with van der Waals surface area (Å²) in [5, 5.41) is 9.91. The van der Waals surface area contributed by atoms with E-state index in [1.165, 1.54) is 36.3 Å². The van der Waals surface area contributed by atoms with Crippen LogP contribution in [0.4, 0.5) is 5.69 Å². The van der Waals surface area contributed by atoms with Crippen molar-refractivity contribution >= 4 is 27.6 Å². The number of para-hydroxylation sites is 1. The van der Waals surface area contributed by atoms with Crippen molar-refractivity contribution in [3.05, 3.63) is 54.1 Å². The number of aliphatic carboxylic acids is 1. The molecule has 1 heterocycles. The van der Waals surface area contributed by atoms with Crippen LogP contribution in [-0.4, -0.2) is 62.6 Å². The Labute approximate surface area is 192 Å². The summed E-state index contributed by atoms with van der Waals surface area (Å²) in [5.74, 6) is 4.05. The van der Waals surface area contributed by atoms with Gasteiger partial charge in [0.2, 0.25) is 10.0 Å².